The normalized spacial score (nSPS) is 15.7. The second-order valence-electron chi connectivity index (χ2n) is 6.48. The molecule has 0 saturated carbocycles. The first-order valence-electron chi connectivity index (χ1n) is 8.37. The number of rotatable bonds is 4. The smallest absolute Gasteiger partial charge is 0.260 e. The van der Waals surface area contributed by atoms with Gasteiger partial charge in [-0.1, -0.05) is 0 Å². The van der Waals surface area contributed by atoms with E-state index in [0.29, 0.717) is 5.88 Å². The maximum atomic E-state index is 12.4. The number of amides is 1. The Morgan fingerprint density at radius 3 is 2.83 bits per heavy atom. The number of likely N-dealkylation sites (N-methyl/N-ethyl adjacent to an activating group) is 1. The summed E-state index contributed by atoms with van der Waals surface area (Å²) in [5.41, 5.74) is 2.78. The van der Waals surface area contributed by atoms with Crippen LogP contribution in [0.4, 0.5) is 0 Å². The van der Waals surface area contributed by atoms with E-state index in [1.807, 2.05) is 34.0 Å². The van der Waals surface area contributed by atoms with E-state index in [0.717, 1.165) is 48.2 Å². The van der Waals surface area contributed by atoms with Crippen molar-refractivity contribution in [2.75, 3.05) is 26.7 Å². The minimum Gasteiger partial charge on any atom is -0.466 e. The molecule has 24 heavy (non-hydrogen) atoms. The first kappa shape index (κ1) is 16.7. The summed E-state index contributed by atoms with van der Waals surface area (Å²) in [5.74, 6) is 0.461. The predicted octanol–water partition coefficient (Wildman–Crippen LogP) is 1.17. The number of carbonyl (C=O) groups excluding carboxylic acids is 1. The van der Waals surface area contributed by atoms with Crippen molar-refractivity contribution in [1.82, 2.24) is 25.0 Å². The topological polar surface area (TPSA) is 72.3 Å². The third kappa shape index (κ3) is 3.21. The average Bonchev–Trinajstić information content (AvgIpc) is 2.89. The van der Waals surface area contributed by atoms with Gasteiger partial charge in [0.25, 0.3) is 5.91 Å². The van der Waals surface area contributed by atoms with Gasteiger partial charge in [0, 0.05) is 25.8 Å². The summed E-state index contributed by atoms with van der Waals surface area (Å²) in [6, 6.07) is 2.29. The van der Waals surface area contributed by atoms with Crippen molar-refractivity contribution < 1.29 is 9.53 Å². The summed E-state index contributed by atoms with van der Waals surface area (Å²) < 4.78 is 7.46. The molecule has 2 aromatic heterocycles. The van der Waals surface area contributed by atoms with E-state index in [4.69, 9.17) is 4.74 Å². The lowest BCUT2D eigenvalue weighted by atomic mass is 10.1. The summed E-state index contributed by atoms with van der Waals surface area (Å²) >= 11 is 0. The molecule has 1 N–H and O–H groups in total. The molecule has 0 aliphatic carbocycles. The lowest BCUT2D eigenvalue weighted by molar-refractivity contribution is -0.134. The molecule has 0 bridgehead atoms. The quantitative estimate of drug-likeness (QED) is 0.911. The number of carbonyl (C=O) groups is 1. The van der Waals surface area contributed by atoms with Gasteiger partial charge in [-0.15, -0.1) is 5.10 Å². The molecule has 0 spiro atoms. The van der Waals surface area contributed by atoms with Crippen molar-refractivity contribution in [3.63, 3.8) is 0 Å². The van der Waals surface area contributed by atoms with Crippen molar-refractivity contribution in [2.24, 2.45) is 7.05 Å². The average molecular weight is 331 g/mol. The van der Waals surface area contributed by atoms with Crippen LogP contribution in [0.2, 0.25) is 0 Å². The van der Waals surface area contributed by atoms with Gasteiger partial charge in [-0.3, -0.25) is 4.79 Å². The van der Waals surface area contributed by atoms with E-state index in [1.165, 1.54) is 0 Å². The molecule has 1 fully saturated rings. The van der Waals surface area contributed by atoms with E-state index in [-0.39, 0.29) is 18.6 Å². The number of aryl methyl sites for hydroxylation is 3. The van der Waals surface area contributed by atoms with Crippen LogP contribution in [0.5, 0.6) is 5.88 Å². The van der Waals surface area contributed by atoms with Crippen LogP contribution >= 0.6 is 0 Å². The third-order valence-corrected chi connectivity index (χ3v) is 4.67. The number of aromatic nitrogens is 3. The fourth-order valence-electron chi connectivity index (χ4n) is 3.28. The molecule has 0 atom stereocenters. The Bertz CT molecular complexity index is 749. The maximum absolute atomic E-state index is 12.4. The standard InChI is InChI=1S/C17H25N5O2/c1-11-9-12(2)19-16-15(11)17(20-22(16)4)24-10-14(23)21(3)13-5-7-18-8-6-13/h9,13,18H,5-8,10H2,1-4H3. The highest BCUT2D eigenvalue weighted by Crippen LogP contribution is 2.27. The Balaban J connectivity index is 1.72. The van der Waals surface area contributed by atoms with Crippen molar-refractivity contribution in [1.29, 1.82) is 0 Å². The Labute approximate surface area is 142 Å². The van der Waals surface area contributed by atoms with Crippen molar-refractivity contribution >= 4 is 16.9 Å². The summed E-state index contributed by atoms with van der Waals surface area (Å²) in [4.78, 5) is 18.7. The van der Waals surface area contributed by atoms with Crippen LogP contribution in [-0.4, -0.2) is 58.4 Å². The Hall–Kier alpha value is -2.15. The van der Waals surface area contributed by atoms with Crippen LogP contribution in [0, 0.1) is 13.8 Å². The van der Waals surface area contributed by atoms with E-state index >= 15 is 0 Å². The number of pyridine rings is 1. The van der Waals surface area contributed by atoms with E-state index in [1.54, 1.807) is 9.58 Å². The summed E-state index contributed by atoms with van der Waals surface area (Å²) in [6.45, 7) is 5.88. The van der Waals surface area contributed by atoms with Crippen LogP contribution in [0.1, 0.15) is 24.1 Å². The molecule has 3 rings (SSSR count). The Morgan fingerprint density at radius 1 is 1.42 bits per heavy atom. The van der Waals surface area contributed by atoms with Crippen molar-refractivity contribution in [2.45, 2.75) is 32.7 Å². The van der Waals surface area contributed by atoms with Gasteiger partial charge in [0.15, 0.2) is 12.3 Å². The van der Waals surface area contributed by atoms with Gasteiger partial charge in [0.05, 0.1) is 5.39 Å². The molecular formula is C17H25N5O2. The molecule has 1 aliphatic heterocycles. The molecule has 7 nitrogen and oxygen atoms in total. The van der Waals surface area contributed by atoms with E-state index in [2.05, 4.69) is 15.4 Å². The second-order valence-corrected chi connectivity index (χ2v) is 6.48. The van der Waals surface area contributed by atoms with Gasteiger partial charge < -0.3 is 15.0 Å². The largest absolute Gasteiger partial charge is 0.466 e. The summed E-state index contributed by atoms with van der Waals surface area (Å²) in [5, 5.41) is 8.57. The van der Waals surface area contributed by atoms with E-state index in [9.17, 15) is 4.79 Å². The lowest BCUT2D eigenvalue weighted by Gasteiger charge is -2.31. The number of piperidine rings is 1. The van der Waals surface area contributed by atoms with Gasteiger partial charge in [-0.05, 0) is 51.4 Å². The molecule has 0 aromatic carbocycles. The Kier molecular flexibility index (Phi) is 4.71. The minimum absolute atomic E-state index is 0.000141. The van der Waals surface area contributed by atoms with Crippen molar-refractivity contribution in [3.05, 3.63) is 17.3 Å². The molecule has 1 aliphatic rings. The van der Waals surface area contributed by atoms with Gasteiger partial charge in [0.1, 0.15) is 0 Å². The zero-order valence-electron chi connectivity index (χ0n) is 14.8. The molecule has 0 unspecified atom stereocenters. The van der Waals surface area contributed by atoms with Crippen LogP contribution < -0.4 is 10.1 Å². The van der Waals surface area contributed by atoms with Gasteiger partial charge in [-0.25, -0.2) is 9.67 Å². The van der Waals surface area contributed by atoms with Gasteiger partial charge >= 0.3 is 0 Å². The SMILES string of the molecule is Cc1cc(C)c2c(OCC(=O)N(C)C3CCNCC3)nn(C)c2n1. The van der Waals surface area contributed by atoms with Gasteiger partial charge in [0.2, 0.25) is 5.88 Å². The first-order valence-corrected chi connectivity index (χ1v) is 8.37. The van der Waals surface area contributed by atoms with Crippen molar-refractivity contribution in [3.8, 4) is 5.88 Å². The zero-order chi connectivity index (χ0) is 17.3. The Morgan fingerprint density at radius 2 is 2.12 bits per heavy atom. The fourth-order valence-corrected chi connectivity index (χ4v) is 3.28. The van der Waals surface area contributed by atoms with Crippen LogP contribution in [0.3, 0.4) is 0 Å². The summed E-state index contributed by atoms with van der Waals surface area (Å²) in [7, 11) is 3.69. The fraction of sp³-hybridized carbons (Fsp3) is 0.588. The lowest BCUT2D eigenvalue weighted by Crippen LogP contribution is -2.45. The van der Waals surface area contributed by atoms with E-state index < -0.39 is 0 Å². The van der Waals surface area contributed by atoms with Gasteiger partial charge in [-0.2, -0.15) is 0 Å². The summed E-state index contributed by atoms with van der Waals surface area (Å²) in [6.07, 6.45) is 1.97. The van der Waals surface area contributed by atoms with Crippen LogP contribution in [0.15, 0.2) is 6.07 Å². The predicted molar refractivity (Wildman–Crippen MR) is 92.1 cm³/mol. The monoisotopic (exact) mass is 331 g/mol. The highest BCUT2D eigenvalue weighted by atomic mass is 16.5. The molecule has 1 amide bonds. The molecule has 0 radical (unpaired) electrons. The molecule has 7 heteroatoms. The number of fused-ring (bicyclic) bond motifs is 1. The highest BCUT2D eigenvalue weighted by Gasteiger charge is 2.23. The molecule has 2 aromatic rings. The number of hydrogen-bond acceptors (Lipinski definition) is 5. The molecule has 1 saturated heterocycles. The number of ether oxygens (including phenoxy) is 1. The minimum atomic E-state index is -0.0153. The second kappa shape index (κ2) is 6.76. The van der Waals surface area contributed by atoms with Crippen LogP contribution in [0.25, 0.3) is 11.0 Å². The zero-order valence-corrected chi connectivity index (χ0v) is 14.8. The third-order valence-electron chi connectivity index (χ3n) is 4.67. The highest BCUT2D eigenvalue weighted by molar-refractivity contribution is 5.85. The molecule has 3 heterocycles. The first-order chi connectivity index (χ1) is 11.5. The number of hydrogen-bond donors (Lipinski definition) is 1. The number of nitrogens with zero attached hydrogens (tertiary/aromatic N) is 4. The maximum Gasteiger partial charge on any atom is 0.260 e. The number of nitrogens with one attached hydrogen (secondary N) is 1. The molecular weight excluding hydrogens is 306 g/mol. The molecule has 130 valence electrons. The van der Waals surface area contributed by atoms with Crippen LogP contribution in [-0.2, 0) is 11.8 Å².